The summed E-state index contributed by atoms with van der Waals surface area (Å²) in [5.74, 6) is -0.400. The van der Waals surface area contributed by atoms with Gasteiger partial charge in [-0.2, -0.15) is 0 Å². The van der Waals surface area contributed by atoms with Crippen LogP contribution in [0.2, 0.25) is 0 Å². The zero-order chi connectivity index (χ0) is 10.5. The van der Waals surface area contributed by atoms with Crippen LogP contribution in [0.3, 0.4) is 0 Å². The Kier molecular flexibility index (Phi) is 2.50. The molecule has 7 atom stereocenters. The number of ether oxygens (including phenoxy) is 1. The van der Waals surface area contributed by atoms with E-state index in [1.54, 1.807) is 0 Å². The fourth-order valence-electron chi connectivity index (χ4n) is 2.35. The molecule has 1 heterocycles. The summed E-state index contributed by atoms with van der Waals surface area (Å²) < 4.78 is 5.23. The van der Waals surface area contributed by atoms with Gasteiger partial charge in [-0.25, -0.2) is 0 Å². The number of hydrogen-bond donors (Lipinski definition) is 5. The van der Waals surface area contributed by atoms with Crippen molar-refractivity contribution in [2.75, 3.05) is 6.61 Å². The third kappa shape index (κ3) is 1.27. The van der Waals surface area contributed by atoms with Crippen LogP contribution in [-0.2, 0) is 4.74 Å². The number of quaternary nitrogens is 1. The Morgan fingerprint density at radius 1 is 0.929 bits per heavy atom. The average Bonchev–Trinajstić information content (AvgIpc) is 2.54. The zero-order valence-electron chi connectivity index (χ0n) is 7.65. The van der Waals surface area contributed by atoms with Crippen molar-refractivity contribution in [3.8, 4) is 0 Å². The fourth-order valence-corrected chi connectivity index (χ4v) is 2.35. The lowest BCUT2D eigenvalue weighted by atomic mass is 9.77. The summed E-state index contributed by atoms with van der Waals surface area (Å²) in [7, 11) is 0. The Morgan fingerprint density at radius 3 is 2.14 bits per heavy atom. The molecule has 6 heteroatoms. The molecule has 1 saturated heterocycles. The molecule has 0 unspecified atom stereocenters. The van der Waals surface area contributed by atoms with Gasteiger partial charge < -0.3 is 30.9 Å². The van der Waals surface area contributed by atoms with E-state index in [1.807, 2.05) is 0 Å². The summed E-state index contributed by atoms with van der Waals surface area (Å²) >= 11 is 0. The van der Waals surface area contributed by atoms with Crippen molar-refractivity contribution >= 4 is 0 Å². The van der Waals surface area contributed by atoms with Crippen molar-refractivity contribution in [2.24, 2.45) is 5.92 Å². The van der Waals surface area contributed by atoms with Crippen LogP contribution in [0.1, 0.15) is 0 Å². The van der Waals surface area contributed by atoms with Crippen LogP contribution in [0, 0.1) is 5.92 Å². The Balaban J connectivity index is 2.23. The monoisotopic (exact) mass is 206 g/mol. The molecule has 1 aliphatic carbocycles. The minimum atomic E-state index is -1.35. The molecular weight excluding hydrogens is 190 g/mol. The van der Waals surface area contributed by atoms with Crippen molar-refractivity contribution in [1.82, 2.24) is 0 Å². The van der Waals surface area contributed by atoms with Crippen LogP contribution < -0.4 is 5.73 Å². The van der Waals surface area contributed by atoms with Gasteiger partial charge in [-0.15, -0.1) is 0 Å². The molecule has 6 nitrogen and oxygen atoms in total. The van der Waals surface area contributed by atoms with E-state index in [0.717, 1.165) is 0 Å². The molecule has 0 aromatic carbocycles. The topological polar surface area (TPSA) is 118 Å². The standard InChI is InChI=1S/C8H15NO5/c9-2-1-14-8-3(2)4(10)5(11)6(12)7(8)13/h2-8,10-13H,1,9H2/p+1/t2-,3+,4-,5+,6-,7+,8+/m1/s1. The van der Waals surface area contributed by atoms with Crippen LogP contribution in [0.4, 0.5) is 0 Å². The molecule has 0 amide bonds. The van der Waals surface area contributed by atoms with Gasteiger partial charge in [-0.1, -0.05) is 0 Å². The van der Waals surface area contributed by atoms with E-state index in [0.29, 0.717) is 6.61 Å². The predicted molar refractivity (Wildman–Crippen MR) is 43.9 cm³/mol. The van der Waals surface area contributed by atoms with Gasteiger partial charge in [-0.3, -0.25) is 0 Å². The smallest absolute Gasteiger partial charge is 0.116 e. The molecule has 0 radical (unpaired) electrons. The highest BCUT2D eigenvalue weighted by Crippen LogP contribution is 2.33. The van der Waals surface area contributed by atoms with E-state index >= 15 is 0 Å². The second-order valence-electron chi connectivity index (χ2n) is 4.10. The molecule has 0 bridgehead atoms. The number of aliphatic hydroxyl groups is 4. The maximum absolute atomic E-state index is 9.67. The minimum absolute atomic E-state index is 0.160. The number of fused-ring (bicyclic) bond motifs is 1. The van der Waals surface area contributed by atoms with Crippen LogP contribution in [0.5, 0.6) is 0 Å². The largest absolute Gasteiger partial charge is 0.390 e. The average molecular weight is 206 g/mol. The summed E-state index contributed by atoms with van der Waals surface area (Å²) in [4.78, 5) is 0. The van der Waals surface area contributed by atoms with E-state index in [1.165, 1.54) is 0 Å². The predicted octanol–water partition coefficient (Wildman–Crippen LogP) is -3.93. The van der Waals surface area contributed by atoms with Gasteiger partial charge in [0.1, 0.15) is 24.4 Å². The van der Waals surface area contributed by atoms with E-state index in [2.05, 4.69) is 5.73 Å². The van der Waals surface area contributed by atoms with E-state index in [-0.39, 0.29) is 6.04 Å². The first-order valence-corrected chi connectivity index (χ1v) is 4.71. The SMILES string of the molecule is [NH3+][C@@H]1CO[C@@H]2[C@@H](O)[C@H](O)[C@@H](O)[C@H](O)[C@@H]21. The number of aliphatic hydroxyl groups excluding tert-OH is 4. The Morgan fingerprint density at radius 2 is 1.50 bits per heavy atom. The molecule has 2 rings (SSSR count). The number of hydrogen-bond acceptors (Lipinski definition) is 5. The van der Waals surface area contributed by atoms with E-state index < -0.39 is 36.4 Å². The van der Waals surface area contributed by atoms with Crippen LogP contribution in [0.25, 0.3) is 0 Å². The number of rotatable bonds is 0. The molecule has 1 saturated carbocycles. The summed E-state index contributed by atoms with van der Waals surface area (Å²) in [5.41, 5.74) is 3.78. The Bertz CT molecular complexity index is 226. The zero-order valence-corrected chi connectivity index (χ0v) is 7.65. The van der Waals surface area contributed by atoms with Gasteiger partial charge in [-0.05, 0) is 0 Å². The fraction of sp³-hybridized carbons (Fsp3) is 1.00. The summed E-state index contributed by atoms with van der Waals surface area (Å²) in [6.07, 6.45) is -5.52. The summed E-state index contributed by atoms with van der Waals surface area (Å²) in [6.45, 7) is 0.336. The lowest BCUT2D eigenvalue weighted by molar-refractivity contribution is -0.433. The van der Waals surface area contributed by atoms with Crippen molar-refractivity contribution in [3.05, 3.63) is 0 Å². The molecule has 0 aromatic rings. The quantitative estimate of drug-likeness (QED) is 0.277. The molecule has 2 aliphatic rings. The highest BCUT2D eigenvalue weighted by molar-refractivity contribution is 5.03. The lowest BCUT2D eigenvalue weighted by Crippen LogP contribution is -2.71. The highest BCUT2D eigenvalue weighted by atomic mass is 16.5. The van der Waals surface area contributed by atoms with Crippen molar-refractivity contribution in [2.45, 2.75) is 36.6 Å². The highest BCUT2D eigenvalue weighted by Gasteiger charge is 2.55. The first-order valence-electron chi connectivity index (χ1n) is 4.71. The third-order valence-electron chi connectivity index (χ3n) is 3.21. The van der Waals surface area contributed by atoms with Gasteiger partial charge >= 0.3 is 0 Å². The lowest BCUT2D eigenvalue weighted by Gasteiger charge is -2.40. The van der Waals surface area contributed by atoms with Crippen molar-refractivity contribution in [1.29, 1.82) is 0 Å². The molecule has 14 heavy (non-hydrogen) atoms. The molecule has 1 aliphatic heterocycles. The van der Waals surface area contributed by atoms with Crippen molar-refractivity contribution < 1.29 is 30.9 Å². The summed E-state index contributed by atoms with van der Waals surface area (Å²) in [6, 6.07) is -0.160. The van der Waals surface area contributed by atoms with Crippen molar-refractivity contribution in [3.63, 3.8) is 0 Å². The first kappa shape index (κ1) is 10.3. The normalized spacial score (nSPS) is 58.5. The van der Waals surface area contributed by atoms with Gasteiger partial charge in [0.25, 0.3) is 0 Å². The van der Waals surface area contributed by atoms with Crippen LogP contribution in [-0.4, -0.2) is 63.6 Å². The maximum Gasteiger partial charge on any atom is 0.116 e. The molecule has 7 N–H and O–H groups in total. The first-order chi connectivity index (χ1) is 6.54. The summed E-state index contributed by atoms with van der Waals surface area (Å²) in [5, 5.41) is 38.1. The van der Waals surface area contributed by atoms with E-state index in [9.17, 15) is 20.4 Å². The minimum Gasteiger partial charge on any atom is -0.390 e. The molecule has 0 aromatic heterocycles. The third-order valence-corrected chi connectivity index (χ3v) is 3.21. The Hall–Kier alpha value is -0.240. The van der Waals surface area contributed by atoms with Gasteiger partial charge in [0, 0.05) is 0 Å². The molecular formula is C8H16NO5+. The second kappa shape index (κ2) is 3.41. The van der Waals surface area contributed by atoms with E-state index in [4.69, 9.17) is 4.74 Å². The molecule has 82 valence electrons. The van der Waals surface area contributed by atoms with Crippen LogP contribution >= 0.6 is 0 Å². The molecule has 0 spiro atoms. The molecule has 2 fully saturated rings. The van der Waals surface area contributed by atoms with Crippen LogP contribution in [0.15, 0.2) is 0 Å². The van der Waals surface area contributed by atoms with Gasteiger partial charge in [0.05, 0.1) is 24.7 Å². The second-order valence-corrected chi connectivity index (χ2v) is 4.10. The Labute approximate surface area is 80.9 Å². The van der Waals surface area contributed by atoms with Gasteiger partial charge in [0.15, 0.2) is 0 Å². The maximum atomic E-state index is 9.67. The van der Waals surface area contributed by atoms with Gasteiger partial charge in [0.2, 0.25) is 0 Å².